The minimum Gasteiger partial charge on any atom is -0.484 e. The standard InChI is InChI=1S/C18H17NO5/c1-12(17(21)13-5-3-2-4-6-13)24-18(22)14-7-9-15(10-8-14)23-11-16(19)20/h2-10,12H,11H2,1H3,(H2,19,20)/t12-/m1/s1. The minimum absolute atomic E-state index is 0.244. The zero-order valence-electron chi connectivity index (χ0n) is 13.1. The molecular weight excluding hydrogens is 310 g/mol. The Bertz CT molecular complexity index is 725. The summed E-state index contributed by atoms with van der Waals surface area (Å²) in [6, 6.07) is 14.6. The second kappa shape index (κ2) is 7.92. The highest BCUT2D eigenvalue weighted by Gasteiger charge is 2.20. The molecule has 0 aromatic heterocycles. The Morgan fingerprint density at radius 1 is 0.958 bits per heavy atom. The maximum Gasteiger partial charge on any atom is 0.338 e. The van der Waals surface area contributed by atoms with E-state index in [1.165, 1.54) is 31.2 Å². The van der Waals surface area contributed by atoms with E-state index < -0.39 is 18.0 Å². The monoisotopic (exact) mass is 327 g/mol. The van der Waals surface area contributed by atoms with Crippen LogP contribution in [0.25, 0.3) is 0 Å². The number of amides is 1. The van der Waals surface area contributed by atoms with E-state index in [0.29, 0.717) is 11.3 Å². The quantitative estimate of drug-likeness (QED) is 0.619. The summed E-state index contributed by atoms with van der Waals surface area (Å²) in [5.41, 5.74) is 5.73. The van der Waals surface area contributed by atoms with Crippen molar-refractivity contribution in [3.8, 4) is 5.75 Å². The van der Waals surface area contributed by atoms with Crippen molar-refractivity contribution in [2.75, 3.05) is 6.61 Å². The number of hydrogen-bond donors (Lipinski definition) is 1. The van der Waals surface area contributed by atoms with Crippen LogP contribution in [0.4, 0.5) is 0 Å². The Morgan fingerprint density at radius 3 is 2.17 bits per heavy atom. The second-order valence-corrected chi connectivity index (χ2v) is 5.06. The number of primary amides is 1. The number of esters is 1. The first-order valence-corrected chi connectivity index (χ1v) is 7.29. The molecule has 6 nitrogen and oxygen atoms in total. The molecule has 0 saturated carbocycles. The number of nitrogens with two attached hydrogens (primary N) is 1. The summed E-state index contributed by atoms with van der Waals surface area (Å²) in [4.78, 5) is 34.9. The van der Waals surface area contributed by atoms with Crippen molar-refractivity contribution in [3.05, 3.63) is 65.7 Å². The van der Waals surface area contributed by atoms with E-state index >= 15 is 0 Å². The number of Topliss-reactive ketones (excluding diaryl/α,β-unsaturated/α-hetero) is 1. The molecule has 124 valence electrons. The minimum atomic E-state index is -0.898. The van der Waals surface area contributed by atoms with Crippen molar-refractivity contribution < 1.29 is 23.9 Å². The summed E-state index contributed by atoms with van der Waals surface area (Å²) >= 11 is 0. The summed E-state index contributed by atoms with van der Waals surface area (Å²) in [5, 5.41) is 0. The zero-order chi connectivity index (χ0) is 17.5. The van der Waals surface area contributed by atoms with E-state index in [2.05, 4.69) is 0 Å². The summed E-state index contributed by atoms with van der Waals surface area (Å²) in [6.07, 6.45) is -0.898. The van der Waals surface area contributed by atoms with Gasteiger partial charge >= 0.3 is 5.97 Å². The second-order valence-electron chi connectivity index (χ2n) is 5.06. The van der Waals surface area contributed by atoms with Crippen LogP contribution in [0.5, 0.6) is 5.75 Å². The fourth-order valence-corrected chi connectivity index (χ4v) is 1.96. The molecule has 24 heavy (non-hydrogen) atoms. The van der Waals surface area contributed by atoms with E-state index in [1.54, 1.807) is 30.3 Å². The molecular formula is C18H17NO5. The number of rotatable bonds is 7. The van der Waals surface area contributed by atoms with Gasteiger partial charge in [-0.25, -0.2) is 4.79 Å². The summed E-state index contributed by atoms with van der Waals surface area (Å²) in [7, 11) is 0. The van der Waals surface area contributed by atoms with Crippen LogP contribution >= 0.6 is 0 Å². The SMILES string of the molecule is C[C@@H](OC(=O)c1ccc(OCC(N)=O)cc1)C(=O)c1ccccc1. The van der Waals surface area contributed by atoms with Gasteiger partial charge in [-0.2, -0.15) is 0 Å². The Morgan fingerprint density at radius 2 is 1.58 bits per heavy atom. The highest BCUT2D eigenvalue weighted by atomic mass is 16.5. The smallest absolute Gasteiger partial charge is 0.338 e. The third kappa shape index (κ3) is 4.67. The molecule has 0 aliphatic rings. The van der Waals surface area contributed by atoms with Gasteiger partial charge in [0.15, 0.2) is 12.7 Å². The number of ketones is 1. The van der Waals surface area contributed by atoms with Crippen LogP contribution in [-0.2, 0) is 9.53 Å². The molecule has 0 fully saturated rings. The van der Waals surface area contributed by atoms with Crippen LogP contribution < -0.4 is 10.5 Å². The van der Waals surface area contributed by atoms with Gasteiger partial charge < -0.3 is 15.2 Å². The number of carbonyl (C=O) groups is 3. The number of ether oxygens (including phenoxy) is 2. The highest BCUT2D eigenvalue weighted by Crippen LogP contribution is 2.14. The van der Waals surface area contributed by atoms with Crippen molar-refractivity contribution in [2.45, 2.75) is 13.0 Å². The largest absolute Gasteiger partial charge is 0.484 e. The molecule has 2 rings (SSSR count). The third-order valence-corrected chi connectivity index (χ3v) is 3.18. The molecule has 0 bridgehead atoms. The first kappa shape index (κ1) is 17.2. The van der Waals surface area contributed by atoms with Gasteiger partial charge in [0.25, 0.3) is 5.91 Å². The van der Waals surface area contributed by atoms with Crippen molar-refractivity contribution in [1.82, 2.24) is 0 Å². The van der Waals surface area contributed by atoms with Crippen molar-refractivity contribution in [3.63, 3.8) is 0 Å². The molecule has 0 unspecified atom stereocenters. The molecule has 2 aromatic rings. The predicted octanol–water partition coefficient (Wildman–Crippen LogP) is 1.98. The van der Waals surface area contributed by atoms with Crippen LogP contribution in [0.15, 0.2) is 54.6 Å². The first-order chi connectivity index (χ1) is 11.5. The van der Waals surface area contributed by atoms with Crippen molar-refractivity contribution in [2.24, 2.45) is 5.73 Å². The van der Waals surface area contributed by atoms with Gasteiger partial charge in [0.1, 0.15) is 5.75 Å². The summed E-state index contributed by atoms with van der Waals surface area (Å²) < 4.78 is 10.3. The van der Waals surface area contributed by atoms with Gasteiger partial charge in [-0.1, -0.05) is 30.3 Å². The van der Waals surface area contributed by atoms with Gasteiger partial charge in [-0.05, 0) is 31.2 Å². The molecule has 1 atom stereocenters. The molecule has 0 saturated heterocycles. The zero-order valence-corrected chi connectivity index (χ0v) is 13.1. The average Bonchev–Trinajstić information content (AvgIpc) is 2.60. The van der Waals surface area contributed by atoms with Crippen LogP contribution in [-0.4, -0.2) is 30.4 Å². The van der Waals surface area contributed by atoms with Gasteiger partial charge in [0.05, 0.1) is 5.56 Å². The van der Waals surface area contributed by atoms with E-state index in [0.717, 1.165) is 0 Å². The number of hydrogen-bond acceptors (Lipinski definition) is 5. The van der Waals surface area contributed by atoms with Gasteiger partial charge in [0.2, 0.25) is 5.78 Å². The normalized spacial score (nSPS) is 11.4. The molecule has 2 N–H and O–H groups in total. The van der Waals surface area contributed by atoms with E-state index in [-0.39, 0.29) is 18.0 Å². The first-order valence-electron chi connectivity index (χ1n) is 7.29. The molecule has 1 amide bonds. The lowest BCUT2D eigenvalue weighted by atomic mass is 10.1. The molecule has 2 aromatic carbocycles. The Hall–Kier alpha value is -3.15. The number of carbonyl (C=O) groups excluding carboxylic acids is 3. The highest BCUT2D eigenvalue weighted by molar-refractivity contribution is 6.01. The molecule has 0 aliphatic carbocycles. The lowest BCUT2D eigenvalue weighted by Crippen LogP contribution is -2.24. The summed E-state index contributed by atoms with van der Waals surface area (Å²) in [5.74, 6) is -1.08. The lowest BCUT2D eigenvalue weighted by Gasteiger charge is -2.12. The van der Waals surface area contributed by atoms with Gasteiger partial charge in [0, 0.05) is 5.56 Å². The maximum atomic E-state index is 12.2. The Balaban J connectivity index is 1.96. The van der Waals surface area contributed by atoms with Crippen LogP contribution in [0.1, 0.15) is 27.6 Å². The van der Waals surface area contributed by atoms with Gasteiger partial charge in [-0.3, -0.25) is 9.59 Å². The van der Waals surface area contributed by atoms with Crippen LogP contribution in [0.3, 0.4) is 0 Å². The molecule has 0 spiro atoms. The van der Waals surface area contributed by atoms with Crippen molar-refractivity contribution >= 4 is 17.7 Å². The summed E-state index contributed by atoms with van der Waals surface area (Å²) in [6.45, 7) is 1.28. The predicted molar refractivity (Wildman–Crippen MR) is 86.8 cm³/mol. The topological polar surface area (TPSA) is 95.7 Å². The van der Waals surface area contributed by atoms with E-state index in [1.807, 2.05) is 0 Å². The van der Waals surface area contributed by atoms with Gasteiger partial charge in [-0.15, -0.1) is 0 Å². The third-order valence-electron chi connectivity index (χ3n) is 3.18. The molecule has 0 aliphatic heterocycles. The Kier molecular flexibility index (Phi) is 5.68. The fourth-order valence-electron chi connectivity index (χ4n) is 1.96. The maximum absolute atomic E-state index is 12.2. The average molecular weight is 327 g/mol. The molecule has 6 heteroatoms. The molecule has 0 radical (unpaired) electrons. The van der Waals surface area contributed by atoms with Crippen LogP contribution in [0, 0.1) is 0 Å². The molecule has 0 heterocycles. The van der Waals surface area contributed by atoms with E-state index in [4.69, 9.17) is 15.2 Å². The Labute approximate surface area is 139 Å². The number of benzene rings is 2. The lowest BCUT2D eigenvalue weighted by molar-refractivity contribution is -0.119. The van der Waals surface area contributed by atoms with Crippen LogP contribution in [0.2, 0.25) is 0 Å². The van der Waals surface area contributed by atoms with Crippen molar-refractivity contribution in [1.29, 1.82) is 0 Å². The fraction of sp³-hybridized carbons (Fsp3) is 0.167. The van der Waals surface area contributed by atoms with E-state index in [9.17, 15) is 14.4 Å².